The first-order valence-corrected chi connectivity index (χ1v) is 11.0. The highest BCUT2D eigenvalue weighted by molar-refractivity contribution is 7.89. The summed E-state index contributed by atoms with van der Waals surface area (Å²) in [6.45, 7) is 6.49. The van der Waals surface area contributed by atoms with Gasteiger partial charge in [-0.05, 0) is 42.7 Å². The van der Waals surface area contributed by atoms with E-state index in [0.717, 1.165) is 5.56 Å². The molecule has 2 aromatic rings. The van der Waals surface area contributed by atoms with Crippen molar-refractivity contribution < 1.29 is 22.7 Å². The van der Waals surface area contributed by atoms with Gasteiger partial charge in [0.05, 0.1) is 17.0 Å². The number of rotatable bonds is 7. The van der Waals surface area contributed by atoms with Crippen molar-refractivity contribution in [2.75, 3.05) is 13.2 Å². The normalized spacial score (nSPS) is 15.6. The number of benzene rings is 2. The molecule has 0 bridgehead atoms. The van der Waals surface area contributed by atoms with Crippen LogP contribution in [0.25, 0.3) is 0 Å². The molecule has 2 N–H and O–H groups in total. The monoisotopic (exact) mass is 418 g/mol. The van der Waals surface area contributed by atoms with E-state index in [0.29, 0.717) is 24.7 Å². The molecule has 0 aromatic heterocycles. The lowest BCUT2D eigenvalue weighted by Crippen LogP contribution is -2.46. The van der Waals surface area contributed by atoms with E-state index in [2.05, 4.69) is 10.0 Å². The van der Waals surface area contributed by atoms with Crippen LogP contribution in [-0.2, 0) is 14.8 Å². The van der Waals surface area contributed by atoms with Crippen molar-refractivity contribution in [3.63, 3.8) is 0 Å². The van der Waals surface area contributed by atoms with Gasteiger partial charge >= 0.3 is 0 Å². The van der Waals surface area contributed by atoms with E-state index in [1.165, 1.54) is 19.1 Å². The predicted molar refractivity (Wildman–Crippen MR) is 109 cm³/mol. The first-order valence-electron chi connectivity index (χ1n) is 9.55. The van der Waals surface area contributed by atoms with E-state index in [4.69, 9.17) is 9.47 Å². The molecule has 0 fully saturated rings. The van der Waals surface area contributed by atoms with E-state index in [1.807, 2.05) is 32.0 Å². The molecule has 3 rings (SSSR count). The summed E-state index contributed by atoms with van der Waals surface area (Å²) < 4.78 is 38.6. The zero-order chi connectivity index (χ0) is 21.0. The van der Waals surface area contributed by atoms with Crippen LogP contribution >= 0.6 is 0 Å². The number of amides is 1. The van der Waals surface area contributed by atoms with Gasteiger partial charge in [0.15, 0.2) is 11.5 Å². The van der Waals surface area contributed by atoms with Gasteiger partial charge in [0.2, 0.25) is 15.9 Å². The Labute approximate surface area is 171 Å². The molecule has 0 radical (unpaired) electrons. The van der Waals surface area contributed by atoms with Crippen LogP contribution < -0.4 is 19.5 Å². The maximum atomic E-state index is 12.7. The average molecular weight is 419 g/mol. The summed E-state index contributed by atoms with van der Waals surface area (Å²) in [5, 5.41) is 2.95. The maximum absolute atomic E-state index is 12.7. The van der Waals surface area contributed by atoms with Crippen molar-refractivity contribution in [2.24, 2.45) is 5.92 Å². The Morgan fingerprint density at radius 2 is 1.62 bits per heavy atom. The average Bonchev–Trinajstić information content (AvgIpc) is 2.71. The van der Waals surface area contributed by atoms with Gasteiger partial charge in [0, 0.05) is 0 Å². The van der Waals surface area contributed by atoms with Gasteiger partial charge in [0.1, 0.15) is 13.2 Å². The standard InChI is InChI=1S/C21H26N2O5S/c1-14(2)20(16-9-10-18-19(13-16)28-12-11-27-18)22-21(24)15(3)23-29(25,26)17-7-5-4-6-8-17/h4-10,13-15,20,23H,11-12H2,1-3H3,(H,22,24)/t15-,20?/m0/s1. The van der Waals surface area contributed by atoms with Gasteiger partial charge in [-0.2, -0.15) is 4.72 Å². The molecule has 0 aliphatic carbocycles. The quantitative estimate of drug-likeness (QED) is 0.721. The molecule has 0 spiro atoms. The summed E-state index contributed by atoms with van der Waals surface area (Å²) in [7, 11) is -3.78. The number of hydrogen-bond acceptors (Lipinski definition) is 5. The molecular formula is C21H26N2O5S. The Morgan fingerprint density at radius 3 is 2.28 bits per heavy atom. The highest BCUT2D eigenvalue weighted by atomic mass is 32.2. The lowest BCUT2D eigenvalue weighted by Gasteiger charge is -2.26. The number of hydrogen-bond donors (Lipinski definition) is 2. The molecule has 8 heteroatoms. The summed E-state index contributed by atoms with van der Waals surface area (Å²) in [5.41, 5.74) is 0.871. The molecule has 1 amide bonds. The Morgan fingerprint density at radius 1 is 0.966 bits per heavy atom. The van der Waals surface area contributed by atoms with Gasteiger partial charge in [-0.15, -0.1) is 0 Å². The molecule has 29 heavy (non-hydrogen) atoms. The van der Waals surface area contributed by atoms with Crippen LogP contribution in [0.2, 0.25) is 0 Å². The summed E-state index contributed by atoms with van der Waals surface area (Å²) in [6.07, 6.45) is 0. The molecule has 0 saturated carbocycles. The van der Waals surface area contributed by atoms with Gasteiger partial charge < -0.3 is 14.8 Å². The summed E-state index contributed by atoms with van der Waals surface area (Å²) >= 11 is 0. The lowest BCUT2D eigenvalue weighted by molar-refractivity contribution is -0.123. The molecule has 1 aliphatic rings. The molecule has 2 aromatic carbocycles. The highest BCUT2D eigenvalue weighted by Gasteiger charge is 2.26. The third-order valence-corrected chi connectivity index (χ3v) is 6.23. The van der Waals surface area contributed by atoms with Crippen molar-refractivity contribution in [1.82, 2.24) is 10.0 Å². The Bertz CT molecular complexity index is 960. The Kier molecular flexibility index (Phi) is 6.44. The summed E-state index contributed by atoms with van der Waals surface area (Å²) in [5.74, 6) is 1.00. The fraction of sp³-hybridized carbons (Fsp3) is 0.381. The lowest BCUT2D eigenvalue weighted by atomic mass is 9.95. The largest absolute Gasteiger partial charge is 0.486 e. The van der Waals surface area contributed by atoms with Crippen LogP contribution in [0.3, 0.4) is 0 Å². The van der Waals surface area contributed by atoms with E-state index < -0.39 is 22.0 Å². The number of sulfonamides is 1. The minimum atomic E-state index is -3.78. The number of carbonyl (C=O) groups excluding carboxylic acids is 1. The molecule has 0 saturated heterocycles. The number of carbonyl (C=O) groups is 1. The van der Waals surface area contributed by atoms with E-state index in [1.54, 1.807) is 18.2 Å². The molecule has 156 valence electrons. The number of fused-ring (bicyclic) bond motifs is 1. The maximum Gasteiger partial charge on any atom is 0.241 e. The zero-order valence-electron chi connectivity index (χ0n) is 16.7. The van der Waals surface area contributed by atoms with Gasteiger partial charge in [-0.25, -0.2) is 8.42 Å². The van der Waals surface area contributed by atoms with E-state index >= 15 is 0 Å². The first kappa shape index (κ1) is 21.1. The second-order valence-corrected chi connectivity index (χ2v) is 9.00. The van der Waals surface area contributed by atoms with Crippen LogP contribution in [0.15, 0.2) is 53.4 Å². The SMILES string of the molecule is CC(C)C(NC(=O)[C@H](C)NS(=O)(=O)c1ccccc1)c1ccc2c(c1)OCCO2. The third-order valence-electron chi connectivity index (χ3n) is 4.67. The predicted octanol–water partition coefficient (Wildman–Crippen LogP) is 2.64. The highest BCUT2D eigenvalue weighted by Crippen LogP contribution is 2.34. The zero-order valence-corrected chi connectivity index (χ0v) is 17.5. The van der Waals surface area contributed by atoms with E-state index in [-0.39, 0.29) is 16.9 Å². The Balaban J connectivity index is 1.73. The van der Waals surface area contributed by atoms with Crippen molar-refractivity contribution in [3.8, 4) is 11.5 Å². The van der Waals surface area contributed by atoms with Gasteiger partial charge in [-0.3, -0.25) is 4.79 Å². The smallest absolute Gasteiger partial charge is 0.241 e. The van der Waals surface area contributed by atoms with Crippen LogP contribution in [0, 0.1) is 5.92 Å². The molecule has 1 aliphatic heterocycles. The third kappa shape index (κ3) is 5.07. The molecule has 2 atom stereocenters. The van der Waals surface area contributed by atoms with E-state index in [9.17, 15) is 13.2 Å². The molecule has 1 heterocycles. The first-order chi connectivity index (χ1) is 13.8. The van der Waals surface area contributed by atoms with Crippen molar-refractivity contribution in [3.05, 3.63) is 54.1 Å². The Hall–Kier alpha value is -2.58. The van der Waals surface area contributed by atoms with Crippen molar-refractivity contribution in [1.29, 1.82) is 0 Å². The summed E-state index contributed by atoms with van der Waals surface area (Å²) in [4.78, 5) is 12.9. The van der Waals surface area contributed by atoms with Crippen LogP contribution in [0.5, 0.6) is 11.5 Å². The van der Waals surface area contributed by atoms with Gasteiger partial charge in [0.25, 0.3) is 0 Å². The summed E-state index contributed by atoms with van der Waals surface area (Å²) in [6, 6.07) is 12.3. The number of ether oxygens (including phenoxy) is 2. The molecule has 1 unspecified atom stereocenters. The van der Waals surface area contributed by atoms with Crippen molar-refractivity contribution >= 4 is 15.9 Å². The molecular weight excluding hydrogens is 392 g/mol. The topological polar surface area (TPSA) is 93.7 Å². The van der Waals surface area contributed by atoms with Crippen molar-refractivity contribution in [2.45, 2.75) is 37.8 Å². The molecule has 7 nitrogen and oxygen atoms in total. The minimum absolute atomic E-state index is 0.0828. The van der Waals surface area contributed by atoms with Crippen LogP contribution in [0.4, 0.5) is 0 Å². The van der Waals surface area contributed by atoms with Crippen LogP contribution in [0.1, 0.15) is 32.4 Å². The second-order valence-electron chi connectivity index (χ2n) is 7.29. The minimum Gasteiger partial charge on any atom is -0.486 e. The van der Waals surface area contributed by atoms with Crippen LogP contribution in [-0.4, -0.2) is 33.6 Å². The fourth-order valence-electron chi connectivity index (χ4n) is 3.12. The van der Waals surface area contributed by atoms with Gasteiger partial charge in [-0.1, -0.05) is 38.1 Å². The fourth-order valence-corrected chi connectivity index (χ4v) is 4.34. The number of nitrogens with one attached hydrogen (secondary N) is 2. The second kappa shape index (κ2) is 8.84.